The van der Waals surface area contributed by atoms with Gasteiger partial charge < -0.3 is 10.4 Å². The highest BCUT2D eigenvalue weighted by Gasteiger charge is 2.15. The van der Waals surface area contributed by atoms with E-state index in [9.17, 15) is 9.90 Å². The van der Waals surface area contributed by atoms with Gasteiger partial charge in [0.25, 0.3) is 0 Å². The monoisotopic (exact) mass is 368 g/mol. The molecule has 0 spiro atoms. The summed E-state index contributed by atoms with van der Waals surface area (Å²) < 4.78 is 0. The lowest BCUT2D eigenvalue weighted by Crippen LogP contribution is -2.02. The zero-order valence-corrected chi connectivity index (χ0v) is 15.3. The molecule has 6 heteroatoms. The number of hydrogen-bond acceptors (Lipinski definition) is 5. The van der Waals surface area contributed by atoms with Crippen LogP contribution in [0.1, 0.15) is 21.5 Å². The molecule has 2 N–H and O–H groups in total. The van der Waals surface area contributed by atoms with E-state index in [2.05, 4.69) is 10.3 Å². The van der Waals surface area contributed by atoms with E-state index in [1.165, 1.54) is 6.20 Å². The van der Waals surface area contributed by atoms with Gasteiger partial charge in [-0.15, -0.1) is 0 Å². The number of carboxylic acid groups (broad SMARTS) is 1. The normalized spacial score (nSPS) is 10.0. The van der Waals surface area contributed by atoms with Crippen molar-refractivity contribution in [3.05, 3.63) is 70.9 Å². The molecule has 0 atom stereocenters. The van der Waals surface area contributed by atoms with E-state index >= 15 is 0 Å². The van der Waals surface area contributed by atoms with Crippen molar-refractivity contribution in [1.82, 2.24) is 4.98 Å². The molecule has 3 rings (SSSR count). The lowest BCUT2D eigenvalue weighted by molar-refractivity contribution is 0.0699. The van der Waals surface area contributed by atoms with E-state index in [4.69, 9.17) is 10.5 Å². The smallest absolute Gasteiger partial charge is 0.336 e. The first-order valence-corrected chi connectivity index (χ1v) is 8.45. The quantitative estimate of drug-likeness (QED) is 0.653. The number of carbonyl (C=O) groups is 1. The molecule has 1 aromatic heterocycles. The van der Waals surface area contributed by atoms with Crippen LogP contribution in [-0.2, 0) is 0 Å². The third-order valence-corrected chi connectivity index (χ3v) is 4.26. The highest BCUT2D eigenvalue weighted by Crippen LogP contribution is 2.29. The van der Waals surface area contributed by atoms with Crippen LogP contribution in [0.4, 0.5) is 5.69 Å². The molecule has 0 aliphatic heterocycles. The number of nitriles is 2. The number of nitrogens with one attached hydrogen (secondary N) is 1. The van der Waals surface area contributed by atoms with Crippen molar-refractivity contribution in [2.24, 2.45) is 0 Å². The Morgan fingerprint density at radius 2 is 1.89 bits per heavy atom. The van der Waals surface area contributed by atoms with Crippen molar-refractivity contribution < 1.29 is 9.90 Å². The highest BCUT2D eigenvalue weighted by molar-refractivity contribution is 6.04. The molecule has 0 amide bonds. The van der Waals surface area contributed by atoms with E-state index in [1.807, 2.05) is 32.0 Å². The zero-order chi connectivity index (χ0) is 20.3. The summed E-state index contributed by atoms with van der Waals surface area (Å²) in [5.74, 6) is -1.01. The van der Waals surface area contributed by atoms with Crippen molar-refractivity contribution in [3.63, 3.8) is 0 Å². The number of aromatic carboxylic acids is 1. The average Bonchev–Trinajstić information content (AvgIpc) is 2.68. The summed E-state index contributed by atoms with van der Waals surface area (Å²) in [6, 6.07) is 16.1. The number of aromatic nitrogens is 1. The number of pyridine rings is 1. The average molecular weight is 368 g/mol. The van der Waals surface area contributed by atoms with E-state index < -0.39 is 5.97 Å². The third kappa shape index (κ3) is 3.67. The molecule has 0 saturated heterocycles. The second kappa shape index (κ2) is 7.61. The molecule has 3 aromatic rings. The fourth-order valence-electron chi connectivity index (χ4n) is 3.02. The molecule has 28 heavy (non-hydrogen) atoms. The minimum Gasteiger partial charge on any atom is -0.478 e. The molecule has 136 valence electrons. The molecular weight excluding hydrogens is 352 g/mol. The number of nitrogens with zero attached hydrogens (tertiary/aromatic N) is 3. The van der Waals surface area contributed by atoms with Crippen molar-refractivity contribution in [1.29, 1.82) is 10.5 Å². The molecule has 0 fully saturated rings. The minimum atomic E-state index is -1.01. The Hall–Kier alpha value is -4.16. The van der Waals surface area contributed by atoms with Gasteiger partial charge in [0.15, 0.2) is 0 Å². The van der Waals surface area contributed by atoms with Gasteiger partial charge in [-0.25, -0.2) is 9.78 Å². The Bertz CT molecular complexity index is 1200. The van der Waals surface area contributed by atoms with Crippen LogP contribution < -0.4 is 5.32 Å². The van der Waals surface area contributed by atoms with Crippen molar-refractivity contribution in [3.8, 4) is 23.4 Å². The Labute approximate surface area is 162 Å². The lowest BCUT2D eigenvalue weighted by Gasteiger charge is -2.11. The summed E-state index contributed by atoms with van der Waals surface area (Å²) in [5, 5.41) is 30.8. The van der Waals surface area contributed by atoms with Crippen LogP contribution in [0.15, 0.2) is 54.2 Å². The van der Waals surface area contributed by atoms with Crippen LogP contribution in [-0.4, -0.2) is 16.1 Å². The summed E-state index contributed by atoms with van der Waals surface area (Å²) in [4.78, 5) is 16.5. The predicted molar refractivity (Wildman–Crippen MR) is 107 cm³/mol. The van der Waals surface area contributed by atoms with Crippen molar-refractivity contribution >= 4 is 22.6 Å². The first-order valence-electron chi connectivity index (χ1n) is 8.45. The Morgan fingerprint density at radius 3 is 2.57 bits per heavy atom. The number of allylic oxidation sites excluding steroid dienone is 1. The summed E-state index contributed by atoms with van der Waals surface area (Å²) >= 11 is 0. The van der Waals surface area contributed by atoms with E-state index in [1.54, 1.807) is 36.4 Å². The predicted octanol–water partition coefficient (Wildman–Crippen LogP) is 4.56. The number of aryl methyl sites for hydroxylation is 2. The minimum absolute atomic E-state index is 0.0478. The second-order valence-corrected chi connectivity index (χ2v) is 6.34. The SMILES string of the molecule is Cc1cc(C)c2nc(-c3cccc(NC=C(C#N)C#N)c3)cc(C(=O)O)c2c1. The summed E-state index contributed by atoms with van der Waals surface area (Å²) in [5.41, 5.74) is 4.59. The highest BCUT2D eigenvalue weighted by atomic mass is 16.4. The van der Waals surface area contributed by atoms with Crippen LogP contribution in [0.25, 0.3) is 22.2 Å². The van der Waals surface area contributed by atoms with Crippen LogP contribution in [0.2, 0.25) is 0 Å². The van der Waals surface area contributed by atoms with Crippen molar-refractivity contribution in [2.45, 2.75) is 13.8 Å². The van der Waals surface area contributed by atoms with Gasteiger partial charge in [-0.3, -0.25) is 0 Å². The van der Waals surface area contributed by atoms with Gasteiger partial charge in [0.1, 0.15) is 17.7 Å². The summed E-state index contributed by atoms with van der Waals surface area (Å²) in [6.45, 7) is 3.83. The van der Waals surface area contributed by atoms with Gasteiger partial charge in [0, 0.05) is 22.8 Å². The molecular formula is C22H16N4O2. The Morgan fingerprint density at radius 1 is 1.14 bits per heavy atom. The summed E-state index contributed by atoms with van der Waals surface area (Å²) in [7, 11) is 0. The fraction of sp³-hybridized carbons (Fsp3) is 0.0909. The number of fused-ring (bicyclic) bond motifs is 1. The maximum absolute atomic E-state index is 11.8. The summed E-state index contributed by atoms with van der Waals surface area (Å²) in [6.07, 6.45) is 1.32. The maximum atomic E-state index is 11.8. The Balaban J connectivity index is 2.13. The largest absolute Gasteiger partial charge is 0.478 e. The van der Waals surface area contributed by atoms with E-state index in [0.29, 0.717) is 22.3 Å². The molecule has 2 aromatic carbocycles. The van der Waals surface area contributed by atoms with Gasteiger partial charge in [-0.1, -0.05) is 23.8 Å². The fourth-order valence-corrected chi connectivity index (χ4v) is 3.02. The molecule has 1 heterocycles. The van der Waals surface area contributed by atoms with Crippen LogP contribution >= 0.6 is 0 Å². The van der Waals surface area contributed by atoms with Gasteiger partial charge >= 0.3 is 5.97 Å². The van der Waals surface area contributed by atoms with Crippen LogP contribution in [0.5, 0.6) is 0 Å². The Kier molecular flexibility index (Phi) is 5.06. The van der Waals surface area contributed by atoms with Crippen molar-refractivity contribution in [2.75, 3.05) is 5.32 Å². The number of benzene rings is 2. The number of hydrogen-bond donors (Lipinski definition) is 2. The molecule has 0 radical (unpaired) electrons. The molecule has 0 saturated carbocycles. The van der Waals surface area contributed by atoms with Gasteiger partial charge in [0.05, 0.1) is 16.8 Å². The second-order valence-electron chi connectivity index (χ2n) is 6.34. The van der Waals surface area contributed by atoms with Crippen LogP contribution in [0.3, 0.4) is 0 Å². The van der Waals surface area contributed by atoms with Crippen LogP contribution in [0, 0.1) is 36.5 Å². The van der Waals surface area contributed by atoms with Gasteiger partial charge in [0.2, 0.25) is 0 Å². The van der Waals surface area contributed by atoms with E-state index in [-0.39, 0.29) is 11.1 Å². The lowest BCUT2D eigenvalue weighted by atomic mass is 10.00. The first-order chi connectivity index (χ1) is 13.4. The standard InChI is InChI=1S/C22H16N4O2/c1-13-6-14(2)21-18(7-13)19(22(27)28)9-20(26-21)16-4-3-5-17(8-16)25-12-15(10-23)11-24/h3-9,12,25H,1-2H3,(H,27,28). The maximum Gasteiger partial charge on any atom is 0.336 e. The topological polar surface area (TPSA) is 110 Å². The molecule has 0 aliphatic carbocycles. The zero-order valence-electron chi connectivity index (χ0n) is 15.3. The molecule has 0 bridgehead atoms. The third-order valence-electron chi connectivity index (χ3n) is 4.26. The number of anilines is 1. The molecule has 6 nitrogen and oxygen atoms in total. The molecule has 0 unspecified atom stereocenters. The van der Waals surface area contributed by atoms with Gasteiger partial charge in [-0.05, 0) is 43.7 Å². The number of rotatable bonds is 4. The number of carboxylic acids is 1. The first kappa shape index (κ1) is 18.6. The molecule has 0 aliphatic rings. The van der Waals surface area contributed by atoms with Gasteiger partial charge in [-0.2, -0.15) is 10.5 Å². The van der Waals surface area contributed by atoms with E-state index in [0.717, 1.165) is 16.7 Å².